The molecule has 14 heavy (non-hydrogen) atoms. The Balaban J connectivity index is 2.06. The van der Waals surface area contributed by atoms with E-state index in [1.165, 1.54) is 25.8 Å². The largest absolute Gasteiger partial charge is 0.326 e. The molecule has 82 valence electrons. The molecule has 1 saturated heterocycles. The quantitative estimate of drug-likeness (QED) is 0.730. The number of nitrogens with zero attached hydrogens (tertiary/aromatic N) is 1. The molecule has 4 atom stereocenters. The molecule has 1 saturated carbocycles. The van der Waals surface area contributed by atoms with E-state index in [0.717, 1.165) is 11.8 Å². The summed E-state index contributed by atoms with van der Waals surface area (Å²) in [4.78, 5) is 2.67. The Kier molecular flexibility index (Phi) is 2.85. The SMILES string of the molecule is CC(C)C(C)N1CC2CCC(N)C1C2. The van der Waals surface area contributed by atoms with Crippen LogP contribution in [0, 0.1) is 11.8 Å². The first-order chi connectivity index (χ1) is 6.59. The first-order valence-electron chi connectivity index (χ1n) is 6.11. The van der Waals surface area contributed by atoms with Gasteiger partial charge in [0, 0.05) is 24.7 Å². The van der Waals surface area contributed by atoms with Crippen LogP contribution in [0.2, 0.25) is 0 Å². The molecule has 4 unspecified atom stereocenters. The third-order valence-electron chi connectivity index (χ3n) is 4.36. The highest BCUT2D eigenvalue weighted by Crippen LogP contribution is 2.37. The maximum atomic E-state index is 6.20. The zero-order valence-corrected chi connectivity index (χ0v) is 9.74. The van der Waals surface area contributed by atoms with Crippen molar-refractivity contribution in [3.63, 3.8) is 0 Å². The van der Waals surface area contributed by atoms with Crippen LogP contribution in [0.1, 0.15) is 40.0 Å². The Bertz CT molecular complexity index is 202. The Hall–Kier alpha value is -0.0800. The molecule has 0 spiro atoms. The van der Waals surface area contributed by atoms with Crippen LogP contribution in [-0.2, 0) is 0 Å². The molecule has 2 N–H and O–H groups in total. The van der Waals surface area contributed by atoms with Gasteiger partial charge in [-0.1, -0.05) is 13.8 Å². The van der Waals surface area contributed by atoms with Gasteiger partial charge in [-0.3, -0.25) is 4.90 Å². The summed E-state index contributed by atoms with van der Waals surface area (Å²) in [6, 6.07) is 1.83. The topological polar surface area (TPSA) is 29.3 Å². The molecule has 0 amide bonds. The Morgan fingerprint density at radius 3 is 2.57 bits per heavy atom. The van der Waals surface area contributed by atoms with Crippen molar-refractivity contribution in [2.75, 3.05) is 6.54 Å². The standard InChI is InChI=1S/C12H24N2/c1-8(2)9(3)14-7-10-4-5-11(13)12(14)6-10/h8-12H,4-7,13H2,1-3H3. The van der Waals surface area contributed by atoms with Crippen LogP contribution >= 0.6 is 0 Å². The van der Waals surface area contributed by atoms with Crippen molar-refractivity contribution in [3.05, 3.63) is 0 Å². The van der Waals surface area contributed by atoms with Crippen molar-refractivity contribution in [2.24, 2.45) is 17.6 Å². The summed E-state index contributed by atoms with van der Waals surface area (Å²) < 4.78 is 0. The predicted octanol–water partition coefficient (Wildman–Crippen LogP) is 1.84. The van der Waals surface area contributed by atoms with E-state index in [1.807, 2.05) is 0 Å². The molecule has 0 aromatic carbocycles. The summed E-state index contributed by atoms with van der Waals surface area (Å²) in [5.41, 5.74) is 6.20. The van der Waals surface area contributed by atoms with Gasteiger partial charge in [-0.25, -0.2) is 0 Å². The van der Waals surface area contributed by atoms with Gasteiger partial charge in [0.2, 0.25) is 0 Å². The van der Waals surface area contributed by atoms with Crippen LogP contribution in [0.3, 0.4) is 0 Å². The molecule has 1 aliphatic carbocycles. The van der Waals surface area contributed by atoms with E-state index in [2.05, 4.69) is 25.7 Å². The van der Waals surface area contributed by atoms with E-state index in [1.54, 1.807) is 0 Å². The molecule has 0 radical (unpaired) electrons. The zero-order chi connectivity index (χ0) is 10.3. The summed E-state index contributed by atoms with van der Waals surface area (Å²) in [5, 5.41) is 0. The molecule has 2 aliphatic rings. The highest BCUT2D eigenvalue weighted by Gasteiger charge is 2.41. The number of nitrogens with two attached hydrogens (primary N) is 1. The van der Waals surface area contributed by atoms with E-state index in [9.17, 15) is 0 Å². The van der Waals surface area contributed by atoms with E-state index in [4.69, 9.17) is 5.73 Å². The average molecular weight is 196 g/mol. The second kappa shape index (κ2) is 3.82. The fraction of sp³-hybridized carbons (Fsp3) is 1.00. The van der Waals surface area contributed by atoms with Crippen molar-refractivity contribution in [2.45, 2.75) is 58.2 Å². The highest BCUT2D eigenvalue weighted by molar-refractivity contribution is 4.98. The van der Waals surface area contributed by atoms with E-state index in [-0.39, 0.29) is 0 Å². The minimum atomic E-state index is 0.440. The summed E-state index contributed by atoms with van der Waals surface area (Å²) in [6.07, 6.45) is 3.97. The smallest absolute Gasteiger partial charge is 0.0253 e. The molecule has 2 bridgehead atoms. The van der Waals surface area contributed by atoms with Gasteiger partial charge in [0.1, 0.15) is 0 Å². The Labute approximate surface area is 87.8 Å². The zero-order valence-electron chi connectivity index (χ0n) is 9.74. The lowest BCUT2D eigenvalue weighted by atomic mass is 9.87. The number of hydrogen-bond donors (Lipinski definition) is 1. The lowest BCUT2D eigenvalue weighted by Crippen LogP contribution is -2.48. The van der Waals surface area contributed by atoms with Crippen molar-refractivity contribution in [3.8, 4) is 0 Å². The molecule has 2 fully saturated rings. The molecule has 0 aromatic rings. The minimum absolute atomic E-state index is 0.440. The number of fused-ring (bicyclic) bond motifs is 2. The molecule has 0 aromatic heterocycles. The van der Waals surface area contributed by atoms with Crippen LogP contribution in [0.4, 0.5) is 0 Å². The Morgan fingerprint density at radius 2 is 1.93 bits per heavy atom. The van der Waals surface area contributed by atoms with Gasteiger partial charge >= 0.3 is 0 Å². The lowest BCUT2D eigenvalue weighted by Gasteiger charge is -2.36. The summed E-state index contributed by atoms with van der Waals surface area (Å²) in [5.74, 6) is 1.70. The van der Waals surface area contributed by atoms with Crippen LogP contribution in [0.25, 0.3) is 0 Å². The summed E-state index contributed by atoms with van der Waals surface area (Å²) in [6.45, 7) is 8.30. The van der Waals surface area contributed by atoms with Gasteiger partial charge in [-0.2, -0.15) is 0 Å². The van der Waals surface area contributed by atoms with E-state index >= 15 is 0 Å². The number of rotatable bonds is 2. The van der Waals surface area contributed by atoms with Crippen molar-refractivity contribution >= 4 is 0 Å². The van der Waals surface area contributed by atoms with Crippen LogP contribution in [0.15, 0.2) is 0 Å². The van der Waals surface area contributed by atoms with Crippen molar-refractivity contribution in [1.82, 2.24) is 4.90 Å². The highest BCUT2D eigenvalue weighted by atomic mass is 15.2. The van der Waals surface area contributed by atoms with E-state index < -0.39 is 0 Å². The lowest BCUT2D eigenvalue weighted by molar-refractivity contribution is 0.138. The molecular weight excluding hydrogens is 172 g/mol. The van der Waals surface area contributed by atoms with Gasteiger partial charge in [0.25, 0.3) is 0 Å². The van der Waals surface area contributed by atoms with Crippen molar-refractivity contribution < 1.29 is 0 Å². The molecule has 2 rings (SSSR count). The average Bonchev–Trinajstić information content (AvgIpc) is 2.50. The molecule has 1 heterocycles. The van der Waals surface area contributed by atoms with Crippen LogP contribution in [-0.4, -0.2) is 29.6 Å². The molecule has 2 heteroatoms. The van der Waals surface area contributed by atoms with E-state index in [0.29, 0.717) is 18.1 Å². The van der Waals surface area contributed by atoms with Gasteiger partial charge in [0.15, 0.2) is 0 Å². The van der Waals surface area contributed by atoms with Gasteiger partial charge in [-0.15, -0.1) is 0 Å². The first-order valence-corrected chi connectivity index (χ1v) is 6.11. The normalized spacial score (nSPS) is 40.5. The van der Waals surface area contributed by atoms with Crippen molar-refractivity contribution in [1.29, 1.82) is 0 Å². The minimum Gasteiger partial charge on any atom is -0.326 e. The number of likely N-dealkylation sites (tertiary alicyclic amines) is 1. The van der Waals surface area contributed by atoms with Gasteiger partial charge in [0.05, 0.1) is 0 Å². The fourth-order valence-electron chi connectivity index (χ4n) is 3.09. The monoisotopic (exact) mass is 196 g/mol. The molecular formula is C12H24N2. The fourth-order valence-corrected chi connectivity index (χ4v) is 3.09. The maximum Gasteiger partial charge on any atom is 0.0253 e. The summed E-state index contributed by atoms with van der Waals surface area (Å²) in [7, 11) is 0. The Morgan fingerprint density at radius 1 is 1.21 bits per heavy atom. The first kappa shape index (κ1) is 10.4. The van der Waals surface area contributed by atoms with Crippen LogP contribution in [0.5, 0.6) is 0 Å². The molecule has 2 nitrogen and oxygen atoms in total. The maximum absolute atomic E-state index is 6.20. The van der Waals surface area contributed by atoms with Crippen LogP contribution < -0.4 is 5.73 Å². The third-order valence-corrected chi connectivity index (χ3v) is 4.36. The predicted molar refractivity (Wildman–Crippen MR) is 60.1 cm³/mol. The van der Waals surface area contributed by atoms with Gasteiger partial charge in [-0.05, 0) is 38.0 Å². The molecule has 1 aliphatic heterocycles. The van der Waals surface area contributed by atoms with Gasteiger partial charge < -0.3 is 5.73 Å². The third kappa shape index (κ3) is 1.70. The summed E-state index contributed by atoms with van der Waals surface area (Å²) >= 11 is 0. The second-order valence-electron chi connectivity index (χ2n) is 5.59. The second-order valence-corrected chi connectivity index (χ2v) is 5.59. The number of hydrogen-bond acceptors (Lipinski definition) is 2.